The molecular formula is C24H28N4O3. The monoisotopic (exact) mass is 420 g/mol. The van der Waals surface area contributed by atoms with Crippen LogP contribution >= 0.6 is 0 Å². The van der Waals surface area contributed by atoms with Crippen molar-refractivity contribution in [2.45, 2.75) is 25.7 Å². The van der Waals surface area contributed by atoms with Gasteiger partial charge < -0.3 is 14.4 Å². The Morgan fingerprint density at radius 3 is 2.42 bits per heavy atom. The van der Waals surface area contributed by atoms with Gasteiger partial charge in [-0.3, -0.25) is 4.79 Å². The molecule has 3 aromatic rings. The molecule has 0 radical (unpaired) electrons. The zero-order chi connectivity index (χ0) is 21.6. The molecule has 1 amide bonds. The number of ether oxygens (including phenoxy) is 2. The Balaban J connectivity index is 1.29. The Hall–Kier alpha value is -3.35. The third-order valence-corrected chi connectivity index (χ3v) is 5.89. The number of aryl methyl sites for hydroxylation is 1. The first-order chi connectivity index (χ1) is 15.2. The second kappa shape index (κ2) is 9.64. The van der Waals surface area contributed by atoms with Crippen molar-refractivity contribution < 1.29 is 14.3 Å². The number of piperidine rings is 1. The zero-order valence-electron chi connectivity index (χ0n) is 18.0. The number of likely N-dealkylation sites (tertiary alicyclic amines) is 1. The van der Waals surface area contributed by atoms with E-state index >= 15 is 0 Å². The number of hydrogen-bond acceptors (Lipinski definition) is 5. The fourth-order valence-electron chi connectivity index (χ4n) is 4.04. The summed E-state index contributed by atoms with van der Waals surface area (Å²) in [5.41, 5.74) is 1.84. The van der Waals surface area contributed by atoms with Crippen LogP contribution < -0.4 is 9.47 Å². The van der Waals surface area contributed by atoms with Crippen LogP contribution in [0.25, 0.3) is 5.82 Å². The average molecular weight is 421 g/mol. The first-order valence-corrected chi connectivity index (χ1v) is 10.6. The van der Waals surface area contributed by atoms with E-state index in [0.717, 1.165) is 50.3 Å². The van der Waals surface area contributed by atoms with Crippen molar-refractivity contribution in [1.29, 1.82) is 0 Å². The topological polar surface area (TPSA) is 69.5 Å². The molecule has 0 atom stereocenters. The Labute approximate surface area is 182 Å². The number of rotatable bonds is 7. The third kappa shape index (κ3) is 5.05. The Morgan fingerprint density at radius 1 is 1.10 bits per heavy atom. The van der Waals surface area contributed by atoms with Crippen LogP contribution in [0.3, 0.4) is 0 Å². The molecule has 7 heteroatoms. The molecule has 1 aromatic carbocycles. The van der Waals surface area contributed by atoms with Gasteiger partial charge in [-0.25, -0.2) is 9.67 Å². The molecule has 3 heterocycles. The molecule has 2 aromatic heterocycles. The summed E-state index contributed by atoms with van der Waals surface area (Å²) in [6, 6.07) is 11.5. The molecule has 0 spiro atoms. The maximum absolute atomic E-state index is 12.9. The lowest BCUT2D eigenvalue weighted by Gasteiger charge is -2.32. The van der Waals surface area contributed by atoms with E-state index in [2.05, 4.69) is 22.2 Å². The van der Waals surface area contributed by atoms with Crippen LogP contribution in [0.2, 0.25) is 0 Å². The summed E-state index contributed by atoms with van der Waals surface area (Å²) in [5.74, 6) is 3.01. The predicted molar refractivity (Wildman–Crippen MR) is 118 cm³/mol. The normalized spacial score (nSPS) is 14.5. The quantitative estimate of drug-likeness (QED) is 0.582. The first kappa shape index (κ1) is 20.9. The fraction of sp³-hybridized carbons (Fsp3) is 0.375. The van der Waals surface area contributed by atoms with E-state index < -0.39 is 0 Å². The summed E-state index contributed by atoms with van der Waals surface area (Å²) in [4.78, 5) is 19.2. The summed E-state index contributed by atoms with van der Waals surface area (Å²) in [7, 11) is 3.34. The van der Waals surface area contributed by atoms with Gasteiger partial charge in [-0.15, -0.1) is 0 Å². The Morgan fingerprint density at radius 2 is 1.84 bits per heavy atom. The first-order valence-electron chi connectivity index (χ1n) is 10.6. The van der Waals surface area contributed by atoms with Crippen LogP contribution in [0.15, 0.2) is 55.0 Å². The summed E-state index contributed by atoms with van der Waals surface area (Å²) in [5, 5.41) is 4.16. The SMILES string of the molecule is COc1cc(CCC2CCN(C(=O)c3ccc(-n4cccn4)nc3)CC2)cc(OC)c1. The number of pyridine rings is 1. The summed E-state index contributed by atoms with van der Waals surface area (Å²) in [6.45, 7) is 1.57. The van der Waals surface area contributed by atoms with Gasteiger partial charge in [-0.1, -0.05) is 0 Å². The van der Waals surface area contributed by atoms with Crippen LogP contribution in [0.5, 0.6) is 11.5 Å². The average Bonchev–Trinajstić information content (AvgIpc) is 3.37. The van der Waals surface area contributed by atoms with Gasteiger partial charge in [0.15, 0.2) is 5.82 Å². The van der Waals surface area contributed by atoms with Gasteiger partial charge >= 0.3 is 0 Å². The number of amides is 1. The lowest BCUT2D eigenvalue weighted by Crippen LogP contribution is -2.38. The Kier molecular flexibility index (Phi) is 6.50. The molecule has 1 saturated heterocycles. The second-order valence-electron chi connectivity index (χ2n) is 7.85. The van der Waals surface area contributed by atoms with Crippen molar-refractivity contribution in [3.63, 3.8) is 0 Å². The molecule has 1 aliphatic heterocycles. The van der Waals surface area contributed by atoms with E-state index in [1.807, 2.05) is 35.4 Å². The van der Waals surface area contributed by atoms with E-state index in [9.17, 15) is 4.79 Å². The van der Waals surface area contributed by atoms with E-state index in [-0.39, 0.29) is 5.91 Å². The van der Waals surface area contributed by atoms with Gasteiger partial charge in [0.25, 0.3) is 5.91 Å². The number of nitrogens with zero attached hydrogens (tertiary/aromatic N) is 4. The highest BCUT2D eigenvalue weighted by Crippen LogP contribution is 2.27. The number of carbonyl (C=O) groups excluding carboxylic acids is 1. The molecule has 31 heavy (non-hydrogen) atoms. The largest absolute Gasteiger partial charge is 0.497 e. The van der Waals surface area contributed by atoms with E-state index in [1.165, 1.54) is 5.56 Å². The van der Waals surface area contributed by atoms with Gasteiger partial charge in [0, 0.05) is 37.7 Å². The standard InChI is InChI=1S/C24H28N4O3/c1-30-21-14-19(15-22(16-21)31-2)5-4-18-8-12-27(13-9-18)24(29)20-6-7-23(25-17-20)28-11-3-10-26-28/h3,6-7,10-11,14-18H,4-5,8-9,12-13H2,1-2H3. The van der Waals surface area contributed by atoms with Gasteiger partial charge in [-0.2, -0.15) is 5.10 Å². The summed E-state index contributed by atoms with van der Waals surface area (Å²) < 4.78 is 12.4. The lowest BCUT2D eigenvalue weighted by molar-refractivity contribution is 0.0686. The minimum absolute atomic E-state index is 0.0514. The molecule has 0 bridgehead atoms. The molecule has 0 aliphatic carbocycles. The zero-order valence-corrected chi connectivity index (χ0v) is 18.0. The smallest absolute Gasteiger partial charge is 0.255 e. The van der Waals surface area contributed by atoms with Gasteiger partial charge in [0.05, 0.1) is 19.8 Å². The number of methoxy groups -OCH3 is 2. The van der Waals surface area contributed by atoms with E-state index in [1.54, 1.807) is 31.3 Å². The lowest BCUT2D eigenvalue weighted by atomic mass is 9.90. The highest BCUT2D eigenvalue weighted by molar-refractivity contribution is 5.94. The van der Waals surface area contributed by atoms with Crippen molar-refractivity contribution in [2.24, 2.45) is 5.92 Å². The van der Waals surface area contributed by atoms with Crippen LogP contribution in [-0.4, -0.2) is 52.9 Å². The molecule has 0 unspecified atom stereocenters. The summed E-state index contributed by atoms with van der Waals surface area (Å²) in [6.07, 6.45) is 9.29. The Bertz CT molecular complexity index is 972. The molecule has 7 nitrogen and oxygen atoms in total. The maximum atomic E-state index is 12.9. The summed E-state index contributed by atoms with van der Waals surface area (Å²) >= 11 is 0. The van der Waals surface area contributed by atoms with Crippen molar-refractivity contribution in [1.82, 2.24) is 19.7 Å². The molecular weight excluding hydrogens is 392 g/mol. The molecule has 1 fully saturated rings. The fourth-order valence-corrected chi connectivity index (χ4v) is 4.04. The number of carbonyl (C=O) groups is 1. The van der Waals surface area contributed by atoms with Gasteiger partial charge in [0.2, 0.25) is 0 Å². The molecule has 0 saturated carbocycles. The van der Waals surface area contributed by atoms with Crippen molar-refractivity contribution in [2.75, 3.05) is 27.3 Å². The van der Waals surface area contributed by atoms with Gasteiger partial charge in [-0.05, 0) is 67.5 Å². The number of aromatic nitrogens is 3. The van der Waals surface area contributed by atoms with E-state index in [0.29, 0.717) is 17.3 Å². The minimum Gasteiger partial charge on any atom is -0.497 e. The highest BCUT2D eigenvalue weighted by atomic mass is 16.5. The van der Waals surface area contributed by atoms with Gasteiger partial charge in [0.1, 0.15) is 11.5 Å². The second-order valence-corrected chi connectivity index (χ2v) is 7.85. The minimum atomic E-state index is 0.0514. The van der Waals surface area contributed by atoms with Crippen molar-refractivity contribution in [3.05, 3.63) is 66.1 Å². The molecule has 162 valence electrons. The number of hydrogen-bond donors (Lipinski definition) is 0. The predicted octanol–water partition coefficient (Wildman–Crippen LogP) is 3.77. The molecule has 1 aliphatic rings. The van der Waals surface area contributed by atoms with Crippen molar-refractivity contribution in [3.8, 4) is 17.3 Å². The van der Waals surface area contributed by atoms with Crippen molar-refractivity contribution >= 4 is 5.91 Å². The molecule has 0 N–H and O–H groups in total. The molecule has 4 rings (SSSR count). The van der Waals surface area contributed by atoms with Crippen LogP contribution in [0, 0.1) is 5.92 Å². The number of benzene rings is 1. The highest BCUT2D eigenvalue weighted by Gasteiger charge is 2.24. The van der Waals surface area contributed by atoms with E-state index in [4.69, 9.17) is 9.47 Å². The third-order valence-electron chi connectivity index (χ3n) is 5.89. The maximum Gasteiger partial charge on any atom is 0.255 e. The van der Waals surface area contributed by atoms with Crippen LogP contribution in [0.1, 0.15) is 35.2 Å². The van der Waals surface area contributed by atoms with Crippen LogP contribution in [0.4, 0.5) is 0 Å². The van der Waals surface area contributed by atoms with Crippen LogP contribution in [-0.2, 0) is 6.42 Å².